The molecule has 5 nitrogen and oxygen atoms in total. The van der Waals surface area contributed by atoms with E-state index >= 15 is 0 Å². The van der Waals surface area contributed by atoms with Gasteiger partial charge in [0.1, 0.15) is 11.0 Å². The van der Waals surface area contributed by atoms with Crippen LogP contribution >= 0.6 is 0 Å². The first-order valence-electron chi connectivity index (χ1n) is 4.97. The van der Waals surface area contributed by atoms with Gasteiger partial charge in [0.2, 0.25) is 0 Å². The smallest absolute Gasteiger partial charge is 0.185 e. The number of sulfone groups is 1. The Morgan fingerprint density at radius 1 is 1.33 bits per heavy atom. The first kappa shape index (κ1) is 14.1. The van der Waals surface area contributed by atoms with Crippen molar-refractivity contribution in [2.75, 3.05) is 20.5 Å². The van der Waals surface area contributed by atoms with Crippen molar-refractivity contribution in [1.82, 2.24) is 0 Å². The summed E-state index contributed by atoms with van der Waals surface area (Å²) in [4.78, 5) is -0.325. The zero-order valence-corrected chi connectivity index (χ0v) is 11.1. The highest BCUT2D eigenvalue weighted by Gasteiger charge is 2.14. The monoisotopic (exact) mass is 267 g/mol. The number of nitrogens with zero attached hydrogens (tertiary/aromatic N) is 1. The third-order valence-electron chi connectivity index (χ3n) is 2.23. The van der Waals surface area contributed by atoms with E-state index in [0.717, 1.165) is 6.26 Å². The van der Waals surface area contributed by atoms with Crippen LogP contribution in [0.25, 0.3) is 6.08 Å². The zero-order chi connectivity index (χ0) is 13.8. The Labute approximate surface area is 106 Å². The molecule has 0 saturated heterocycles. The highest BCUT2D eigenvalue weighted by molar-refractivity contribution is 7.95. The lowest BCUT2D eigenvalue weighted by Crippen LogP contribution is -1.99. The Hall–Kier alpha value is -2.00. The van der Waals surface area contributed by atoms with Gasteiger partial charge in [-0.1, -0.05) is 12.1 Å². The summed E-state index contributed by atoms with van der Waals surface area (Å²) >= 11 is 0. The van der Waals surface area contributed by atoms with Crippen LogP contribution < -0.4 is 9.47 Å². The van der Waals surface area contributed by atoms with Gasteiger partial charge in [0.25, 0.3) is 0 Å². The summed E-state index contributed by atoms with van der Waals surface area (Å²) in [6.07, 6.45) is 2.24. The molecule has 0 spiro atoms. The fraction of sp³-hybridized carbons (Fsp3) is 0.250. The molecule has 96 valence electrons. The summed E-state index contributed by atoms with van der Waals surface area (Å²) in [5.74, 6) is 0.855. The quantitative estimate of drug-likeness (QED) is 0.775. The highest BCUT2D eigenvalue weighted by atomic mass is 32.2. The minimum atomic E-state index is -3.55. The van der Waals surface area contributed by atoms with E-state index in [-0.39, 0.29) is 4.91 Å². The van der Waals surface area contributed by atoms with Gasteiger partial charge in [-0.2, -0.15) is 5.26 Å². The lowest BCUT2D eigenvalue weighted by Gasteiger charge is -2.10. The molecule has 18 heavy (non-hydrogen) atoms. The van der Waals surface area contributed by atoms with Crippen LogP contribution in [0.2, 0.25) is 0 Å². The van der Waals surface area contributed by atoms with Gasteiger partial charge in [-0.05, 0) is 12.1 Å². The second-order valence-corrected chi connectivity index (χ2v) is 5.46. The van der Waals surface area contributed by atoms with Crippen molar-refractivity contribution in [2.24, 2.45) is 0 Å². The molecule has 0 unspecified atom stereocenters. The largest absolute Gasteiger partial charge is 0.493 e. The first-order chi connectivity index (χ1) is 8.43. The number of methoxy groups -OCH3 is 2. The lowest BCUT2D eigenvalue weighted by atomic mass is 10.1. The molecule has 0 atom stereocenters. The average Bonchev–Trinajstić information content (AvgIpc) is 2.33. The number of hydrogen-bond donors (Lipinski definition) is 0. The van der Waals surface area contributed by atoms with E-state index in [0.29, 0.717) is 17.1 Å². The first-order valence-corrected chi connectivity index (χ1v) is 6.86. The van der Waals surface area contributed by atoms with Crippen LogP contribution in [0.5, 0.6) is 11.5 Å². The summed E-state index contributed by atoms with van der Waals surface area (Å²) in [5.41, 5.74) is 0.471. The Kier molecular flexibility index (Phi) is 4.34. The van der Waals surface area contributed by atoms with Crippen LogP contribution in [0, 0.1) is 11.3 Å². The van der Waals surface area contributed by atoms with E-state index in [9.17, 15) is 8.42 Å². The number of rotatable bonds is 4. The van der Waals surface area contributed by atoms with Crippen LogP contribution in [0.15, 0.2) is 23.1 Å². The molecule has 0 aliphatic heterocycles. The Balaban J connectivity index is 3.44. The van der Waals surface area contributed by atoms with Crippen LogP contribution in [0.3, 0.4) is 0 Å². The molecule has 0 saturated carbocycles. The van der Waals surface area contributed by atoms with Crippen molar-refractivity contribution in [2.45, 2.75) is 0 Å². The second-order valence-electron chi connectivity index (χ2n) is 3.48. The molecular weight excluding hydrogens is 254 g/mol. The molecule has 1 rings (SSSR count). The van der Waals surface area contributed by atoms with E-state index in [1.807, 2.05) is 0 Å². The number of allylic oxidation sites excluding steroid dienone is 1. The van der Waals surface area contributed by atoms with Crippen molar-refractivity contribution < 1.29 is 17.9 Å². The third kappa shape index (κ3) is 3.02. The van der Waals surface area contributed by atoms with Crippen molar-refractivity contribution in [3.05, 3.63) is 28.7 Å². The van der Waals surface area contributed by atoms with Gasteiger partial charge in [-0.15, -0.1) is 0 Å². The van der Waals surface area contributed by atoms with Crippen LogP contribution in [-0.4, -0.2) is 28.9 Å². The normalized spacial score (nSPS) is 11.8. The summed E-state index contributed by atoms with van der Waals surface area (Å²) in [5, 5.41) is 8.84. The molecule has 0 N–H and O–H groups in total. The summed E-state index contributed by atoms with van der Waals surface area (Å²) in [6, 6.07) is 6.67. The van der Waals surface area contributed by atoms with E-state index < -0.39 is 9.84 Å². The standard InChI is InChI=1S/C12H13NO4S/c1-16-11-6-4-5-9(12(11)17-2)7-10(8-13)18(3,14)15/h4-7H,1-3H3. The highest BCUT2D eigenvalue weighted by Crippen LogP contribution is 2.32. The molecule has 0 aliphatic carbocycles. The van der Waals surface area contributed by atoms with E-state index in [2.05, 4.69) is 0 Å². The van der Waals surface area contributed by atoms with Gasteiger partial charge < -0.3 is 9.47 Å². The second kappa shape index (κ2) is 5.56. The van der Waals surface area contributed by atoms with Gasteiger partial charge >= 0.3 is 0 Å². The minimum absolute atomic E-state index is 0.325. The SMILES string of the molecule is COc1cccc(C=C(C#N)S(C)(=O)=O)c1OC. The fourth-order valence-electron chi connectivity index (χ4n) is 1.39. The molecular formula is C12H13NO4S. The molecule has 0 radical (unpaired) electrons. The third-order valence-corrected chi connectivity index (χ3v) is 3.24. The molecule has 1 aromatic rings. The van der Waals surface area contributed by atoms with Gasteiger partial charge in [-0.3, -0.25) is 0 Å². The van der Waals surface area contributed by atoms with Crippen LogP contribution in [-0.2, 0) is 9.84 Å². The molecule has 0 amide bonds. The molecule has 0 fully saturated rings. The number of para-hydroxylation sites is 1. The zero-order valence-electron chi connectivity index (χ0n) is 10.3. The Morgan fingerprint density at radius 3 is 2.44 bits per heavy atom. The van der Waals surface area contributed by atoms with Crippen LogP contribution in [0.1, 0.15) is 5.56 Å². The van der Waals surface area contributed by atoms with Crippen molar-refractivity contribution in [3.8, 4) is 17.6 Å². The van der Waals surface area contributed by atoms with Gasteiger partial charge in [0, 0.05) is 11.8 Å². The molecule has 0 aliphatic rings. The minimum Gasteiger partial charge on any atom is -0.493 e. The topological polar surface area (TPSA) is 76.4 Å². The predicted octanol–water partition coefficient (Wildman–Crippen LogP) is 1.61. The molecule has 6 heteroatoms. The summed E-state index contributed by atoms with van der Waals surface area (Å²) < 4.78 is 33.0. The predicted molar refractivity (Wildman–Crippen MR) is 68.0 cm³/mol. The average molecular weight is 267 g/mol. The maximum Gasteiger partial charge on any atom is 0.185 e. The maximum absolute atomic E-state index is 11.4. The summed E-state index contributed by atoms with van der Waals surface area (Å²) in [7, 11) is -0.629. The molecule has 0 bridgehead atoms. The van der Waals surface area contributed by atoms with Gasteiger partial charge in [0.15, 0.2) is 21.3 Å². The van der Waals surface area contributed by atoms with E-state index in [1.165, 1.54) is 20.3 Å². The number of ether oxygens (including phenoxy) is 2. The van der Waals surface area contributed by atoms with Gasteiger partial charge in [-0.25, -0.2) is 8.42 Å². The van der Waals surface area contributed by atoms with Crippen LogP contribution in [0.4, 0.5) is 0 Å². The molecule has 0 aromatic heterocycles. The number of hydrogen-bond acceptors (Lipinski definition) is 5. The lowest BCUT2D eigenvalue weighted by molar-refractivity contribution is 0.354. The van der Waals surface area contributed by atoms with Crippen molar-refractivity contribution in [1.29, 1.82) is 5.26 Å². The van der Waals surface area contributed by atoms with E-state index in [1.54, 1.807) is 24.3 Å². The van der Waals surface area contributed by atoms with Gasteiger partial charge in [0.05, 0.1) is 14.2 Å². The Morgan fingerprint density at radius 2 is 2.00 bits per heavy atom. The van der Waals surface area contributed by atoms with Crippen molar-refractivity contribution in [3.63, 3.8) is 0 Å². The molecule has 0 heterocycles. The Bertz CT molecular complexity index is 611. The van der Waals surface area contributed by atoms with E-state index in [4.69, 9.17) is 14.7 Å². The maximum atomic E-state index is 11.4. The number of benzene rings is 1. The molecule has 1 aromatic carbocycles. The fourth-order valence-corrected chi connectivity index (χ4v) is 1.90. The number of nitriles is 1. The van der Waals surface area contributed by atoms with Crippen molar-refractivity contribution >= 4 is 15.9 Å². The summed E-state index contributed by atoms with van der Waals surface area (Å²) in [6.45, 7) is 0.